The van der Waals surface area contributed by atoms with Gasteiger partial charge in [0.2, 0.25) is 0 Å². The fourth-order valence-electron chi connectivity index (χ4n) is 1.61. The summed E-state index contributed by atoms with van der Waals surface area (Å²) in [7, 11) is 1.61. The van der Waals surface area contributed by atoms with Crippen molar-refractivity contribution in [2.24, 2.45) is 0 Å². The van der Waals surface area contributed by atoms with E-state index in [1.54, 1.807) is 7.11 Å². The second kappa shape index (κ2) is 7.71. The lowest BCUT2D eigenvalue weighted by atomic mass is 10.2. The fourth-order valence-corrected chi connectivity index (χ4v) is 1.61. The molecule has 18 heavy (non-hydrogen) atoms. The molecular formula is C14H21NO3. The van der Waals surface area contributed by atoms with Gasteiger partial charge < -0.3 is 14.8 Å². The van der Waals surface area contributed by atoms with E-state index < -0.39 is 0 Å². The van der Waals surface area contributed by atoms with Crippen LogP contribution in [0.3, 0.4) is 0 Å². The van der Waals surface area contributed by atoms with Crippen molar-refractivity contribution < 1.29 is 14.3 Å². The van der Waals surface area contributed by atoms with E-state index in [9.17, 15) is 4.79 Å². The zero-order valence-electron chi connectivity index (χ0n) is 11.2. The first-order valence-corrected chi connectivity index (χ1v) is 6.15. The van der Waals surface area contributed by atoms with Crippen LogP contribution in [-0.4, -0.2) is 32.3 Å². The van der Waals surface area contributed by atoms with Gasteiger partial charge in [-0.2, -0.15) is 0 Å². The lowest BCUT2D eigenvalue weighted by Crippen LogP contribution is -2.38. The Bertz CT molecular complexity index is 379. The molecule has 0 aromatic heterocycles. The highest BCUT2D eigenvalue weighted by Gasteiger charge is 2.07. The molecule has 0 aliphatic rings. The van der Waals surface area contributed by atoms with E-state index in [1.807, 2.05) is 31.2 Å². The van der Waals surface area contributed by atoms with Crippen LogP contribution in [0.4, 0.5) is 0 Å². The van der Waals surface area contributed by atoms with Crippen molar-refractivity contribution in [2.45, 2.75) is 26.3 Å². The second-order valence-electron chi connectivity index (χ2n) is 4.21. The molecule has 1 N–H and O–H groups in total. The molecule has 0 unspecified atom stereocenters. The van der Waals surface area contributed by atoms with Gasteiger partial charge in [-0.15, -0.1) is 0 Å². The standard InChI is InChI=1S/C14H21NO3/c1-4-12-6-5-7-13(8-12)18-10-14(16)15-11(2)9-17-3/h5-8,11H,4,9-10H2,1-3H3,(H,15,16)/t11-/m1/s1. The average Bonchev–Trinajstić information content (AvgIpc) is 2.37. The van der Waals surface area contributed by atoms with Gasteiger partial charge in [-0.25, -0.2) is 0 Å². The van der Waals surface area contributed by atoms with E-state index in [4.69, 9.17) is 9.47 Å². The van der Waals surface area contributed by atoms with E-state index in [-0.39, 0.29) is 18.6 Å². The quantitative estimate of drug-likeness (QED) is 0.803. The number of hydrogen-bond acceptors (Lipinski definition) is 3. The zero-order valence-corrected chi connectivity index (χ0v) is 11.2. The normalized spacial score (nSPS) is 11.9. The van der Waals surface area contributed by atoms with Gasteiger partial charge >= 0.3 is 0 Å². The van der Waals surface area contributed by atoms with Crippen molar-refractivity contribution in [1.29, 1.82) is 0 Å². The summed E-state index contributed by atoms with van der Waals surface area (Å²) in [4.78, 5) is 11.6. The van der Waals surface area contributed by atoms with Crippen LogP contribution in [0.15, 0.2) is 24.3 Å². The molecular weight excluding hydrogens is 230 g/mol. The summed E-state index contributed by atoms with van der Waals surface area (Å²) in [5.41, 5.74) is 1.20. The number of carbonyl (C=O) groups is 1. The van der Waals surface area contributed by atoms with E-state index in [1.165, 1.54) is 5.56 Å². The number of benzene rings is 1. The van der Waals surface area contributed by atoms with Crippen molar-refractivity contribution >= 4 is 5.91 Å². The Morgan fingerprint density at radius 3 is 2.89 bits per heavy atom. The van der Waals surface area contributed by atoms with Gasteiger partial charge in [0.25, 0.3) is 5.91 Å². The van der Waals surface area contributed by atoms with Crippen molar-refractivity contribution in [3.8, 4) is 5.75 Å². The monoisotopic (exact) mass is 251 g/mol. The molecule has 1 atom stereocenters. The summed E-state index contributed by atoms with van der Waals surface area (Å²) in [5, 5.41) is 2.79. The third kappa shape index (κ3) is 5.19. The Labute approximate surface area is 108 Å². The van der Waals surface area contributed by atoms with Gasteiger partial charge in [0.1, 0.15) is 5.75 Å². The van der Waals surface area contributed by atoms with E-state index in [0.29, 0.717) is 6.61 Å². The molecule has 1 amide bonds. The minimum Gasteiger partial charge on any atom is -0.484 e. The Morgan fingerprint density at radius 1 is 1.44 bits per heavy atom. The Balaban J connectivity index is 2.37. The van der Waals surface area contributed by atoms with Crippen LogP contribution in [0, 0.1) is 0 Å². The number of carbonyl (C=O) groups excluding carboxylic acids is 1. The average molecular weight is 251 g/mol. The molecule has 0 saturated heterocycles. The van der Waals surface area contributed by atoms with E-state index >= 15 is 0 Å². The number of rotatable bonds is 7. The Hall–Kier alpha value is -1.55. The molecule has 0 spiro atoms. The molecule has 4 heteroatoms. The van der Waals surface area contributed by atoms with Gasteiger partial charge in [0.05, 0.1) is 6.61 Å². The first-order valence-electron chi connectivity index (χ1n) is 6.15. The van der Waals surface area contributed by atoms with E-state index in [0.717, 1.165) is 12.2 Å². The molecule has 100 valence electrons. The van der Waals surface area contributed by atoms with Crippen LogP contribution >= 0.6 is 0 Å². The molecule has 0 heterocycles. The van der Waals surface area contributed by atoms with Crippen LogP contribution in [0.1, 0.15) is 19.4 Å². The first-order chi connectivity index (χ1) is 8.65. The van der Waals surface area contributed by atoms with Crippen LogP contribution in [0.2, 0.25) is 0 Å². The molecule has 4 nitrogen and oxygen atoms in total. The number of aryl methyl sites for hydroxylation is 1. The third-order valence-electron chi connectivity index (χ3n) is 2.50. The number of hydrogen-bond donors (Lipinski definition) is 1. The van der Waals surface area contributed by atoms with Gasteiger partial charge in [0, 0.05) is 13.2 Å². The maximum Gasteiger partial charge on any atom is 0.258 e. The molecule has 1 rings (SSSR count). The highest BCUT2D eigenvalue weighted by Crippen LogP contribution is 2.13. The molecule has 0 aliphatic carbocycles. The predicted octanol–water partition coefficient (Wildman–Crippen LogP) is 1.78. The lowest BCUT2D eigenvalue weighted by molar-refractivity contribution is -0.124. The van der Waals surface area contributed by atoms with Gasteiger partial charge in [-0.1, -0.05) is 19.1 Å². The van der Waals surface area contributed by atoms with Crippen molar-refractivity contribution in [1.82, 2.24) is 5.32 Å². The SMILES string of the molecule is CCc1cccc(OCC(=O)N[C@H](C)COC)c1. The summed E-state index contributed by atoms with van der Waals surface area (Å²) >= 11 is 0. The van der Waals surface area contributed by atoms with Gasteiger partial charge in [0.15, 0.2) is 6.61 Å². The fraction of sp³-hybridized carbons (Fsp3) is 0.500. The summed E-state index contributed by atoms with van der Waals surface area (Å²) in [6.45, 7) is 4.50. The minimum absolute atomic E-state index is 0.00641. The van der Waals surface area contributed by atoms with Crippen molar-refractivity contribution in [2.75, 3.05) is 20.3 Å². The van der Waals surface area contributed by atoms with Crippen molar-refractivity contribution in [3.63, 3.8) is 0 Å². The summed E-state index contributed by atoms with van der Waals surface area (Å²) in [6, 6.07) is 7.76. The number of amides is 1. The number of ether oxygens (including phenoxy) is 2. The molecule has 0 aliphatic heterocycles. The summed E-state index contributed by atoms with van der Waals surface area (Å²) < 4.78 is 10.4. The minimum atomic E-state index is -0.138. The highest BCUT2D eigenvalue weighted by molar-refractivity contribution is 5.77. The first kappa shape index (κ1) is 14.5. The number of methoxy groups -OCH3 is 1. The third-order valence-corrected chi connectivity index (χ3v) is 2.50. The zero-order chi connectivity index (χ0) is 13.4. The second-order valence-corrected chi connectivity index (χ2v) is 4.21. The lowest BCUT2D eigenvalue weighted by Gasteiger charge is -2.13. The van der Waals surface area contributed by atoms with Crippen LogP contribution < -0.4 is 10.1 Å². The van der Waals surface area contributed by atoms with E-state index in [2.05, 4.69) is 12.2 Å². The molecule has 0 fully saturated rings. The maximum absolute atomic E-state index is 11.6. The number of nitrogens with one attached hydrogen (secondary N) is 1. The largest absolute Gasteiger partial charge is 0.484 e. The Morgan fingerprint density at radius 2 is 2.22 bits per heavy atom. The maximum atomic E-state index is 11.6. The van der Waals surface area contributed by atoms with Crippen LogP contribution in [0.5, 0.6) is 5.75 Å². The molecule has 0 radical (unpaired) electrons. The van der Waals surface area contributed by atoms with Crippen LogP contribution in [0.25, 0.3) is 0 Å². The molecule has 0 bridgehead atoms. The molecule has 1 aromatic rings. The predicted molar refractivity (Wildman–Crippen MR) is 70.8 cm³/mol. The Kier molecular flexibility index (Phi) is 6.22. The van der Waals surface area contributed by atoms with Crippen molar-refractivity contribution in [3.05, 3.63) is 29.8 Å². The van der Waals surface area contributed by atoms with Gasteiger partial charge in [-0.3, -0.25) is 4.79 Å². The summed E-state index contributed by atoms with van der Waals surface area (Å²) in [5.74, 6) is 0.588. The molecule has 0 saturated carbocycles. The highest BCUT2D eigenvalue weighted by atomic mass is 16.5. The smallest absolute Gasteiger partial charge is 0.258 e. The topological polar surface area (TPSA) is 47.6 Å². The molecule has 1 aromatic carbocycles. The summed E-state index contributed by atoms with van der Waals surface area (Å²) in [6.07, 6.45) is 0.953. The van der Waals surface area contributed by atoms with Gasteiger partial charge in [-0.05, 0) is 31.0 Å². The van der Waals surface area contributed by atoms with Crippen LogP contribution in [-0.2, 0) is 16.0 Å².